The van der Waals surface area contributed by atoms with Crippen molar-refractivity contribution in [3.8, 4) is 11.4 Å². The Balaban J connectivity index is 1.74. The van der Waals surface area contributed by atoms with Crippen LogP contribution in [-0.4, -0.2) is 37.8 Å². The topological polar surface area (TPSA) is 68.5 Å². The Bertz CT molecular complexity index is 474. The Morgan fingerprint density at radius 1 is 1.47 bits per heavy atom. The smallest absolute Gasteiger partial charge is 0.206 e. The zero-order valence-electron chi connectivity index (χ0n) is 9.45. The van der Waals surface area contributed by atoms with Crippen LogP contribution in [0.2, 0.25) is 0 Å². The van der Waals surface area contributed by atoms with Crippen LogP contribution in [0.3, 0.4) is 0 Å². The van der Waals surface area contributed by atoms with Gasteiger partial charge in [0.1, 0.15) is 0 Å². The fourth-order valence-corrected chi connectivity index (χ4v) is 2.04. The van der Waals surface area contributed by atoms with Crippen LogP contribution in [0.15, 0.2) is 24.5 Å². The highest BCUT2D eigenvalue weighted by Gasteiger charge is 2.16. The number of aromatic nitrogens is 5. The van der Waals surface area contributed by atoms with E-state index in [1.54, 1.807) is 17.2 Å². The van der Waals surface area contributed by atoms with Crippen LogP contribution >= 0.6 is 0 Å². The molecule has 1 atom stereocenters. The van der Waals surface area contributed by atoms with Crippen molar-refractivity contribution in [3.05, 3.63) is 24.5 Å². The molecule has 0 radical (unpaired) electrons. The predicted molar refractivity (Wildman–Crippen MR) is 62.1 cm³/mol. The van der Waals surface area contributed by atoms with Crippen LogP contribution in [0.5, 0.6) is 0 Å². The minimum absolute atomic E-state index is 0.478. The summed E-state index contributed by atoms with van der Waals surface area (Å²) in [5, 5.41) is 15.9. The normalized spacial score (nSPS) is 19.6. The first kappa shape index (κ1) is 10.3. The van der Waals surface area contributed by atoms with E-state index in [2.05, 4.69) is 25.7 Å². The summed E-state index contributed by atoms with van der Waals surface area (Å²) in [6, 6.07) is 4.28. The Hall–Kier alpha value is -1.82. The van der Waals surface area contributed by atoms with Gasteiger partial charge >= 0.3 is 0 Å². The van der Waals surface area contributed by atoms with E-state index in [0.717, 1.165) is 18.7 Å². The van der Waals surface area contributed by atoms with Crippen LogP contribution in [0.1, 0.15) is 12.8 Å². The summed E-state index contributed by atoms with van der Waals surface area (Å²) in [6.45, 7) is 1.88. The molecule has 1 N–H and O–H groups in total. The highest BCUT2D eigenvalue weighted by atomic mass is 15.6. The zero-order chi connectivity index (χ0) is 11.5. The van der Waals surface area contributed by atoms with E-state index in [4.69, 9.17) is 0 Å². The van der Waals surface area contributed by atoms with E-state index in [0.29, 0.717) is 11.9 Å². The van der Waals surface area contributed by atoms with Crippen LogP contribution in [0.4, 0.5) is 0 Å². The van der Waals surface area contributed by atoms with Gasteiger partial charge in [0.25, 0.3) is 0 Å². The predicted octanol–water partition coefficient (Wildman–Crippen LogP) is 0.487. The van der Waals surface area contributed by atoms with Gasteiger partial charge in [0.05, 0.1) is 6.54 Å². The van der Waals surface area contributed by atoms with Gasteiger partial charge in [-0.15, -0.1) is 10.2 Å². The Labute approximate surface area is 99.1 Å². The lowest BCUT2D eigenvalue weighted by atomic mass is 10.2. The van der Waals surface area contributed by atoms with Gasteiger partial charge in [-0.2, -0.15) is 4.80 Å². The molecule has 0 aliphatic carbocycles. The van der Waals surface area contributed by atoms with Gasteiger partial charge in [0.15, 0.2) is 0 Å². The summed E-state index contributed by atoms with van der Waals surface area (Å²) < 4.78 is 0. The molecule has 1 saturated heterocycles. The molecule has 0 saturated carbocycles. The zero-order valence-corrected chi connectivity index (χ0v) is 9.45. The lowest BCUT2D eigenvalue weighted by Crippen LogP contribution is -2.27. The molecule has 6 nitrogen and oxygen atoms in total. The first-order chi connectivity index (χ1) is 8.42. The summed E-state index contributed by atoms with van der Waals surface area (Å²) >= 11 is 0. The van der Waals surface area contributed by atoms with Gasteiger partial charge in [0, 0.05) is 24.0 Å². The van der Waals surface area contributed by atoms with Crippen molar-refractivity contribution < 1.29 is 0 Å². The fraction of sp³-hybridized carbons (Fsp3) is 0.455. The van der Waals surface area contributed by atoms with Gasteiger partial charge in [-0.25, -0.2) is 0 Å². The summed E-state index contributed by atoms with van der Waals surface area (Å²) in [6.07, 6.45) is 5.89. The van der Waals surface area contributed by atoms with Crippen molar-refractivity contribution in [1.82, 2.24) is 30.5 Å². The van der Waals surface area contributed by atoms with Crippen LogP contribution in [0.25, 0.3) is 11.4 Å². The molecule has 0 spiro atoms. The monoisotopic (exact) mass is 230 g/mol. The van der Waals surface area contributed by atoms with Crippen molar-refractivity contribution in [2.75, 3.05) is 6.54 Å². The molecule has 3 heterocycles. The Morgan fingerprint density at radius 2 is 2.47 bits per heavy atom. The Morgan fingerprint density at radius 3 is 3.24 bits per heavy atom. The van der Waals surface area contributed by atoms with Crippen molar-refractivity contribution in [1.29, 1.82) is 0 Å². The fourth-order valence-electron chi connectivity index (χ4n) is 2.04. The molecule has 1 aliphatic rings. The number of hydrogen-bond acceptors (Lipinski definition) is 5. The van der Waals surface area contributed by atoms with Crippen LogP contribution < -0.4 is 5.32 Å². The molecule has 0 amide bonds. The second kappa shape index (κ2) is 4.58. The van der Waals surface area contributed by atoms with Crippen molar-refractivity contribution >= 4 is 0 Å². The number of nitrogens with zero attached hydrogens (tertiary/aromatic N) is 5. The van der Waals surface area contributed by atoms with E-state index in [1.807, 2.05) is 12.1 Å². The average Bonchev–Trinajstić information content (AvgIpc) is 3.02. The first-order valence-corrected chi connectivity index (χ1v) is 5.83. The van der Waals surface area contributed by atoms with E-state index < -0.39 is 0 Å². The maximum atomic E-state index is 4.36. The number of nitrogens with one attached hydrogen (secondary N) is 1. The third kappa shape index (κ3) is 2.31. The van der Waals surface area contributed by atoms with E-state index in [-0.39, 0.29) is 0 Å². The number of pyridine rings is 1. The molecule has 0 bridgehead atoms. The summed E-state index contributed by atoms with van der Waals surface area (Å²) in [5.74, 6) is 0.635. The van der Waals surface area contributed by atoms with Crippen molar-refractivity contribution in [2.24, 2.45) is 0 Å². The molecular weight excluding hydrogens is 216 g/mol. The van der Waals surface area contributed by atoms with Gasteiger partial charge in [0.2, 0.25) is 5.82 Å². The van der Waals surface area contributed by atoms with Gasteiger partial charge in [-0.05, 0) is 36.7 Å². The van der Waals surface area contributed by atoms with E-state index >= 15 is 0 Å². The second-order valence-corrected chi connectivity index (χ2v) is 4.20. The second-order valence-electron chi connectivity index (χ2n) is 4.20. The average molecular weight is 230 g/mol. The molecule has 0 aromatic carbocycles. The summed E-state index contributed by atoms with van der Waals surface area (Å²) in [4.78, 5) is 5.70. The molecular formula is C11H14N6. The SMILES string of the molecule is c1cncc(-c2nnn(C[C@@H]3CCCN3)n2)c1. The molecule has 1 aliphatic heterocycles. The van der Waals surface area contributed by atoms with Crippen molar-refractivity contribution in [3.63, 3.8) is 0 Å². The van der Waals surface area contributed by atoms with Gasteiger partial charge in [-0.1, -0.05) is 0 Å². The first-order valence-electron chi connectivity index (χ1n) is 5.83. The third-order valence-corrected chi connectivity index (χ3v) is 2.92. The number of rotatable bonds is 3. The highest BCUT2D eigenvalue weighted by Crippen LogP contribution is 2.11. The molecule has 6 heteroatoms. The molecule has 1 fully saturated rings. The minimum Gasteiger partial charge on any atom is -0.312 e. The summed E-state index contributed by atoms with van der Waals surface area (Å²) in [5.41, 5.74) is 0.901. The molecule has 0 unspecified atom stereocenters. The summed E-state index contributed by atoms with van der Waals surface area (Å²) in [7, 11) is 0. The highest BCUT2D eigenvalue weighted by molar-refractivity contribution is 5.51. The lowest BCUT2D eigenvalue weighted by molar-refractivity contribution is 0.429. The largest absolute Gasteiger partial charge is 0.312 e. The van der Waals surface area contributed by atoms with Crippen molar-refractivity contribution in [2.45, 2.75) is 25.4 Å². The molecule has 2 aromatic heterocycles. The number of hydrogen-bond donors (Lipinski definition) is 1. The third-order valence-electron chi connectivity index (χ3n) is 2.92. The standard InChI is InChI=1S/C11H14N6/c1-3-9(7-12-5-1)11-14-16-17(15-11)8-10-4-2-6-13-10/h1,3,5,7,10,13H,2,4,6,8H2/t10-/m0/s1. The van der Waals surface area contributed by atoms with E-state index in [1.165, 1.54) is 12.8 Å². The maximum absolute atomic E-state index is 4.36. The molecule has 88 valence electrons. The maximum Gasteiger partial charge on any atom is 0.206 e. The minimum atomic E-state index is 0.478. The van der Waals surface area contributed by atoms with Crippen LogP contribution in [0, 0.1) is 0 Å². The Kier molecular flexibility index (Phi) is 2.79. The molecule has 17 heavy (non-hydrogen) atoms. The van der Waals surface area contributed by atoms with Gasteiger partial charge < -0.3 is 5.32 Å². The lowest BCUT2D eigenvalue weighted by Gasteiger charge is -2.07. The molecule has 2 aromatic rings. The van der Waals surface area contributed by atoms with Gasteiger partial charge in [-0.3, -0.25) is 4.98 Å². The van der Waals surface area contributed by atoms with E-state index in [9.17, 15) is 0 Å². The number of tetrazole rings is 1. The van der Waals surface area contributed by atoms with Crippen LogP contribution in [-0.2, 0) is 6.54 Å². The molecule has 3 rings (SSSR count). The quantitative estimate of drug-likeness (QED) is 0.831.